The van der Waals surface area contributed by atoms with Crippen LogP contribution in [-0.4, -0.2) is 76.0 Å². The summed E-state index contributed by atoms with van der Waals surface area (Å²) in [6.07, 6.45) is -0.977. The third kappa shape index (κ3) is 16.0. The van der Waals surface area contributed by atoms with E-state index in [1.54, 1.807) is 6.92 Å². The van der Waals surface area contributed by atoms with Gasteiger partial charge in [0.05, 0.1) is 19.3 Å². The molecule has 1 aromatic rings. The Bertz CT molecular complexity index is 1570. The molecule has 6 unspecified atom stereocenters. The number of aliphatic hydroxyl groups is 1. The summed E-state index contributed by atoms with van der Waals surface area (Å²) in [6.45, 7) is 0.408. The van der Waals surface area contributed by atoms with Crippen molar-refractivity contribution in [3.8, 4) is 0 Å². The largest absolute Gasteiger partial charge is 0.490 e. The standard InChI is InChI=1S/C16H33N3O22P6/c1-12-6-8-19(16(21)18-12)15-10-13(20)14(36-15)11-35-43(24,25)38-45(28,29)40-47(32,33)41-46(30,31)39-44(26,27)37-42(22,23)34-9-5-3-2-4-7-17/h6,8,13-15,20H,2-5,7,9-11,17H2,1H3,(H,22,23)(H,24,25)(H,26,27)(H,28,29)(H,30,31)(H,32,33)/t13-,14-,15-/m1/s1. The summed E-state index contributed by atoms with van der Waals surface area (Å²) in [5, 5.41) is 10.2. The first-order valence-corrected chi connectivity index (χ1v) is 21.7. The number of nitrogens with zero attached hydrogens (tertiary/aromatic N) is 2. The molecule has 9 N–H and O–H groups in total. The first-order valence-electron chi connectivity index (χ1n) is 12.8. The van der Waals surface area contributed by atoms with Gasteiger partial charge in [-0.15, -0.1) is 0 Å². The molecule has 0 saturated carbocycles. The smallest absolute Gasteiger partial charge is 0.390 e. The molecule has 1 aliphatic heterocycles. The van der Waals surface area contributed by atoms with E-state index < -0.39 is 84.3 Å². The van der Waals surface area contributed by atoms with E-state index in [1.807, 2.05) is 0 Å². The molecule has 2 rings (SSSR count). The van der Waals surface area contributed by atoms with Gasteiger partial charge in [0, 0.05) is 18.3 Å². The molecule has 1 aromatic heterocycles. The second-order valence-corrected chi connectivity index (χ2v) is 18.6. The first-order chi connectivity index (χ1) is 21.4. The maximum Gasteiger partial charge on any atom is 0.490 e. The first kappa shape index (κ1) is 42.8. The van der Waals surface area contributed by atoms with Crippen LogP contribution in [0.15, 0.2) is 17.1 Å². The van der Waals surface area contributed by atoms with E-state index in [0.29, 0.717) is 31.5 Å². The molecule has 1 fully saturated rings. The number of hydrogen-bond acceptors (Lipinski definition) is 18. The molecule has 0 aromatic carbocycles. The van der Waals surface area contributed by atoms with Crippen LogP contribution < -0.4 is 11.4 Å². The van der Waals surface area contributed by atoms with Crippen LogP contribution in [0.5, 0.6) is 0 Å². The van der Waals surface area contributed by atoms with Crippen molar-refractivity contribution in [3.63, 3.8) is 0 Å². The lowest BCUT2D eigenvalue weighted by molar-refractivity contribution is -0.0449. The maximum absolute atomic E-state index is 12.2. The van der Waals surface area contributed by atoms with Gasteiger partial charge in [0.25, 0.3) is 0 Å². The molecule has 25 nitrogen and oxygen atoms in total. The molecule has 2 heterocycles. The Labute approximate surface area is 265 Å². The molecule has 274 valence electrons. The molecule has 0 bridgehead atoms. The van der Waals surface area contributed by atoms with E-state index in [4.69, 9.17) is 10.5 Å². The molecule has 47 heavy (non-hydrogen) atoms. The van der Waals surface area contributed by atoms with Gasteiger partial charge in [-0.25, -0.2) is 32.2 Å². The number of aryl methyl sites for hydroxylation is 1. The zero-order valence-corrected chi connectivity index (χ0v) is 29.3. The van der Waals surface area contributed by atoms with Crippen LogP contribution in [-0.2, 0) is 62.7 Å². The van der Waals surface area contributed by atoms with E-state index in [9.17, 15) is 66.7 Å². The fourth-order valence-electron chi connectivity index (χ4n) is 3.46. The van der Waals surface area contributed by atoms with E-state index in [-0.39, 0.29) is 12.8 Å². The van der Waals surface area contributed by atoms with Crippen molar-refractivity contribution in [1.82, 2.24) is 9.55 Å². The monoisotopic (exact) mass is 805 g/mol. The molecule has 9 atom stereocenters. The highest BCUT2D eigenvalue weighted by Crippen LogP contribution is 2.75. The minimum atomic E-state index is -6.42. The Hall–Kier alpha value is -0.380. The Kier molecular flexibility index (Phi) is 15.7. The Morgan fingerprint density at radius 3 is 1.77 bits per heavy atom. The van der Waals surface area contributed by atoms with Gasteiger partial charge in [-0.05, 0) is 32.4 Å². The van der Waals surface area contributed by atoms with Crippen molar-refractivity contribution in [2.75, 3.05) is 19.8 Å². The van der Waals surface area contributed by atoms with E-state index >= 15 is 0 Å². The number of hydrogen-bond donors (Lipinski definition) is 8. The van der Waals surface area contributed by atoms with E-state index in [1.165, 1.54) is 12.3 Å². The summed E-state index contributed by atoms with van der Waals surface area (Å²) < 4.78 is 105. The fraction of sp³-hybridized carbons (Fsp3) is 0.750. The Balaban J connectivity index is 1.92. The number of phosphoric acid groups is 6. The topological polar surface area (TPSA) is 379 Å². The molecule has 0 spiro atoms. The normalized spacial score (nSPS) is 26.3. The third-order valence-electron chi connectivity index (χ3n) is 5.27. The van der Waals surface area contributed by atoms with Crippen LogP contribution in [0.25, 0.3) is 0 Å². The molecule has 0 aliphatic carbocycles. The summed E-state index contributed by atoms with van der Waals surface area (Å²) in [6, 6.07) is 1.45. The van der Waals surface area contributed by atoms with Crippen molar-refractivity contribution in [3.05, 3.63) is 28.4 Å². The molecule has 31 heteroatoms. The number of ether oxygens (including phenoxy) is 1. The number of nitrogens with two attached hydrogens (primary N) is 1. The molecular formula is C16H33N3O22P6. The van der Waals surface area contributed by atoms with Crippen molar-refractivity contribution in [2.45, 2.75) is 57.5 Å². The molecule has 0 amide bonds. The summed E-state index contributed by atoms with van der Waals surface area (Å²) in [4.78, 5) is 73.2. The quantitative estimate of drug-likeness (QED) is 0.0643. The summed E-state index contributed by atoms with van der Waals surface area (Å²) in [5.74, 6) is 0. The van der Waals surface area contributed by atoms with Crippen LogP contribution in [0.3, 0.4) is 0 Å². The number of rotatable bonds is 21. The number of phosphoric ester groups is 2. The van der Waals surface area contributed by atoms with Crippen LogP contribution in [0, 0.1) is 6.92 Å². The average Bonchev–Trinajstić information content (AvgIpc) is 3.21. The zero-order valence-electron chi connectivity index (χ0n) is 24.0. The fourth-order valence-corrected chi connectivity index (χ4v) is 11.3. The van der Waals surface area contributed by atoms with Crippen molar-refractivity contribution in [2.24, 2.45) is 5.73 Å². The highest BCUT2D eigenvalue weighted by molar-refractivity contribution is 7.72. The lowest BCUT2D eigenvalue weighted by Gasteiger charge is -2.21. The van der Waals surface area contributed by atoms with Gasteiger partial charge in [-0.1, -0.05) is 12.8 Å². The van der Waals surface area contributed by atoms with Gasteiger partial charge in [0.2, 0.25) is 0 Å². The SMILES string of the molecule is Cc1ccn([C@H]2C[C@@H](O)[C@@H](COP(=O)(O)OP(=O)(O)OP(=O)(O)OP(=O)(O)OP(=O)(O)OP(=O)(O)OCCCCCCN)O2)c(=O)n1. The van der Waals surface area contributed by atoms with Crippen LogP contribution in [0.4, 0.5) is 0 Å². The second kappa shape index (κ2) is 17.2. The second-order valence-electron chi connectivity index (χ2n) is 9.24. The van der Waals surface area contributed by atoms with Crippen molar-refractivity contribution < 1.29 is 97.2 Å². The lowest BCUT2D eigenvalue weighted by atomic mass is 10.2. The molecule has 0 radical (unpaired) electrons. The van der Waals surface area contributed by atoms with E-state index in [0.717, 1.165) is 4.57 Å². The maximum atomic E-state index is 12.2. The third-order valence-corrected chi connectivity index (χ3v) is 14.5. The average molecular weight is 805 g/mol. The highest BCUT2D eigenvalue weighted by atomic mass is 31.3. The minimum absolute atomic E-state index is 0.164. The molecule has 1 saturated heterocycles. The van der Waals surface area contributed by atoms with Crippen LogP contribution in [0.2, 0.25) is 0 Å². The Morgan fingerprint density at radius 2 is 1.28 bits per heavy atom. The summed E-state index contributed by atoms with van der Waals surface area (Å²) >= 11 is 0. The van der Waals surface area contributed by atoms with Crippen molar-refractivity contribution in [1.29, 1.82) is 0 Å². The summed E-state index contributed by atoms with van der Waals surface area (Å²) in [7, 11) is -36.4. The number of unbranched alkanes of at least 4 members (excludes halogenated alkanes) is 3. The van der Waals surface area contributed by atoms with Gasteiger partial charge in [-0.2, -0.15) is 26.5 Å². The van der Waals surface area contributed by atoms with Crippen LogP contribution in [0.1, 0.15) is 44.0 Å². The van der Waals surface area contributed by atoms with Gasteiger partial charge in [0.15, 0.2) is 0 Å². The highest BCUT2D eigenvalue weighted by Gasteiger charge is 2.50. The van der Waals surface area contributed by atoms with Crippen LogP contribution >= 0.6 is 46.9 Å². The molecular weight excluding hydrogens is 772 g/mol. The van der Waals surface area contributed by atoms with Gasteiger partial charge in [0.1, 0.15) is 12.3 Å². The minimum Gasteiger partial charge on any atom is -0.390 e. The lowest BCUT2D eigenvalue weighted by Crippen LogP contribution is -2.28. The molecule has 1 aliphatic rings. The Morgan fingerprint density at radius 1 is 0.809 bits per heavy atom. The van der Waals surface area contributed by atoms with E-state index in [2.05, 4.69) is 35.6 Å². The van der Waals surface area contributed by atoms with Gasteiger partial charge >= 0.3 is 52.6 Å². The predicted molar refractivity (Wildman–Crippen MR) is 152 cm³/mol. The number of aliphatic hydroxyl groups excluding tert-OH is 1. The predicted octanol–water partition coefficient (Wildman–Crippen LogP) is 1.44. The van der Waals surface area contributed by atoms with Crippen molar-refractivity contribution >= 4 is 46.9 Å². The van der Waals surface area contributed by atoms with Gasteiger partial charge < -0.3 is 44.9 Å². The zero-order chi connectivity index (χ0) is 35.9. The number of aromatic nitrogens is 2. The van der Waals surface area contributed by atoms with Gasteiger partial charge in [-0.3, -0.25) is 13.6 Å². The summed E-state index contributed by atoms with van der Waals surface area (Å²) in [5.41, 5.74) is 4.94.